The summed E-state index contributed by atoms with van der Waals surface area (Å²) >= 11 is 0. The highest BCUT2D eigenvalue weighted by Crippen LogP contribution is 2.52. The smallest absolute Gasteiger partial charge is 0.0763 e. The Labute approximate surface area is 257 Å². The van der Waals surface area contributed by atoms with E-state index in [-0.39, 0.29) is 5.41 Å². The van der Waals surface area contributed by atoms with Gasteiger partial charge in [0.25, 0.3) is 0 Å². The first-order chi connectivity index (χ1) is 20.9. The quantitative estimate of drug-likeness (QED) is 0.296. The highest BCUT2D eigenvalue weighted by molar-refractivity contribution is 5.96. The standard InChI is InChI=1S/C39H48N4/c1-9-23-24(10-2)33-21-35-27(13-5)28(14-6)37(42-35)29-18-17-19-39(16-8)30(15-7)36(43-38(29)39)22-34-26(12-4)25(11-3)32(41-34)20-31(23)40-33/h15,17-18,20-22,40-41H,9-14,16,19H2,1-8H3/b30-15-,31-20?,32-20?,33-21?,34-22?,35-21?,36-22?,37-29?. The average Bonchev–Trinajstić information content (AvgIpc) is 3.74. The van der Waals surface area contributed by atoms with E-state index >= 15 is 0 Å². The Bertz CT molecular complexity index is 1860. The molecule has 6 rings (SSSR count). The van der Waals surface area contributed by atoms with Gasteiger partial charge in [-0.1, -0.05) is 66.7 Å². The van der Waals surface area contributed by atoms with Gasteiger partial charge in [-0.2, -0.15) is 0 Å². The molecule has 43 heavy (non-hydrogen) atoms. The molecule has 1 aliphatic carbocycles. The van der Waals surface area contributed by atoms with Gasteiger partial charge in [-0.15, -0.1) is 0 Å². The molecule has 2 aliphatic heterocycles. The third-order valence-corrected chi connectivity index (χ3v) is 10.4. The first kappa shape index (κ1) is 29.4. The molecule has 0 saturated carbocycles. The predicted molar refractivity (Wildman–Crippen MR) is 185 cm³/mol. The molecule has 4 heteroatoms. The highest BCUT2D eigenvalue weighted by Gasteiger charge is 2.44. The number of aromatic nitrogens is 4. The Balaban J connectivity index is 1.89. The largest absolute Gasteiger partial charge is 0.355 e. The Morgan fingerprint density at radius 3 is 1.70 bits per heavy atom. The topological polar surface area (TPSA) is 57.4 Å². The molecule has 3 aromatic rings. The summed E-state index contributed by atoms with van der Waals surface area (Å²) in [6.45, 7) is 18.2. The number of fused-ring (bicyclic) bond motifs is 8. The average molecular weight is 573 g/mol. The minimum atomic E-state index is -0.125. The molecule has 1 unspecified atom stereocenters. The predicted octanol–water partition coefficient (Wildman–Crippen LogP) is 10.5. The summed E-state index contributed by atoms with van der Waals surface area (Å²) in [6.07, 6.45) is 14.8. The molecule has 4 nitrogen and oxygen atoms in total. The normalized spacial score (nSPS) is 18.7. The minimum absolute atomic E-state index is 0.125. The third-order valence-electron chi connectivity index (χ3n) is 10.4. The van der Waals surface area contributed by atoms with Crippen LogP contribution in [0, 0.1) is 0 Å². The van der Waals surface area contributed by atoms with Crippen molar-refractivity contribution in [3.63, 3.8) is 0 Å². The van der Waals surface area contributed by atoms with E-state index in [0.717, 1.165) is 68.4 Å². The van der Waals surface area contributed by atoms with Crippen LogP contribution in [0.4, 0.5) is 0 Å². The van der Waals surface area contributed by atoms with Gasteiger partial charge in [0.2, 0.25) is 0 Å². The fourth-order valence-electron chi connectivity index (χ4n) is 8.31. The first-order valence-corrected chi connectivity index (χ1v) is 16.8. The number of hydrogen-bond acceptors (Lipinski definition) is 2. The van der Waals surface area contributed by atoms with Crippen molar-refractivity contribution in [3.05, 3.63) is 80.9 Å². The molecule has 2 N–H and O–H groups in total. The molecular weight excluding hydrogens is 524 g/mol. The molecule has 8 bridgehead atoms. The number of aryl methyl sites for hydroxylation is 4. The maximum atomic E-state index is 5.53. The van der Waals surface area contributed by atoms with Crippen LogP contribution in [0.15, 0.2) is 30.4 Å². The van der Waals surface area contributed by atoms with Crippen LogP contribution in [-0.4, -0.2) is 19.9 Å². The Morgan fingerprint density at radius 1 is 0.674 bits per heavy atom. The second-order valence-corrected chi connectivity index (χ2v) is 12.2. The minimum Gasteiger partial charge on any atom is -0.355 e. The Hall–Kier alpha value is -3.66. The molecule has 1 atom stereocenters. The fraction of sp³-hybridized carbons (Fsp3) is 0.436. The summed E-state index contributed by atoms with van der Waals surface area (Å²) < 4.78 is 0. The van der Waals surface area contributed by atoms with Crippen LogP contribution in [0.5, 0.6) is 0 Å². The van der Waals surface area contributed by atoms with Gasteiger partial charge in [0.1, 0.15) is 0 Å². The maximum absolute atomic E-state index is 5.53. The van der Waals surface area contributed by atoms with Crippen molar-refractivity contribution in [1.82, 2.24) is 19.9 Å². The Kier molecular flexibility index (Phi) is 7.83. The van der Waals surface area contributed by atoms with Crippen molar-refractivity contribution in [2.24, 2.45) is 0 Å². The molecular formula is C39H48N4. The SMILES string of the molecule is C/C=C1/c2cc3[nH]c(cc4[nH]c(cc5nc(c6c(n2)C1(CC)CC=C6)C(CC)=C5CC)c(CC)c4CC)c(CC)c3CC. The van der Waals surface area contributed by atoms with Crippen LogP contribution in [0.3, 0.4) is 0 Å². The molecule has 5 heterocycles. The summed E-state index contributed by atoms with van der Waals surface area (Å²) in [5, 5.41) is 0. The number of allylic oxidation sites excluding steroid dienone is 5. The van der Waals surface area contributed by atoms with E-state index in [0.29, 0.717) is 0 Å². The van der Waals surface area contributed by atoms with Gasteiger partial charge in [0, 0.05) is 33.0 Å². The molecule has 0 aromatic carbocycles. The van der Waals surface area contributed by atoms with E-state index in [1.54, 1.807) is 0 Å². The van der Waals surface area contributed by atoms with E-state index in [1.165, 1.54) is 72.3 Å². The van der Waals surface area contributed by atoms with Crippen LogP contribution in [-0.2, 0) is 31.1 Å². The zero-order chi connectivity index (χ0) is 30.5. The second kappa shape index (κ2) is 11.4. The lowest BCUT2D eigenvalue weighted by Gasteiger charge is -2.32. The fourth-order valence-corrected chi connectivity index (χ4v) is 8.31. The number of nitrogens with one attached hydrogen (secondary N) is 2. The van der Waals surface area contributed by atoms with Crippen molar-refractivity contribution in [2.75, 3.05) is 0 Å². The lowest BCUT2D eigenvalue weighted by Crippen LogP contribution is -2.26. The van der Waals surface area contributed by atoms with Gasteiger partial charge in [-0.25, -0.2) is 4.98 Å². The number of aromatic amines is 2. The number of H-pyrrole nitrogens is 2. The molecule has 0 spiro atoms. The zero-order valence-electron chi connectivity index (χ0n) is 27.5. The van der Waals surface area contributed by atoms with E-state index in [9.17, 15) is 0 Å². The molecule has 3 aliphatic rings. The highest BCUT2D eigenvalue weighted by atomic mass is 14.8. The van der Waals surface area contributed by atoms with Crippen molar-refractivity contribution in [1.29, 1.82) is 0 Å². The molecule has 0 radical (unpaired) electrons. The van der Waals surface area contributed by atoms with Crippen molar-refractivity contribution >= 4 is 44.9 Å². The van der Waals surface area contributed by atoms with Crippen LogP contribution in [0.25, 0.3) is 44.9 Å². The van der Waals surface area contributed by atoms with E-state index in [1.807, 2.05) is 0 Å². The summed E-state index contributed by atoms with van der Waals surface area (Å²) in [5.41, 5.74) is 20.1. The monoisotopic (exact) mass is 572 g/mol. The van der Waals surface area contributed by atoms with Gasteiger partial charge in [0.15, 0.2) is 0 Å². The number of hydrogen-bond donors (Lipinski definition) is 2. The van der Waals surface area contributed by atoms with Gasteiger partial charge < -0.3 is 9.97 Å². The van der Waals surface area contributed by atoms with Crippen molar-refractivity contribution < 1.29 is 0 Å². The lowest BCUT2D eigenvalue weighted by atomic mass is 9.69. The molecule has 224 valence electrons. The molecule has 3 aromatic heterocycles. The first-order valence-electron chi connectivity index (χ1n) is 16.8. The van der Waals surface area contributed by atoms with Crippen LogP contribution in [0.1, 0.15) is 132 Å². The second-order valence-electron chi connectivity index (χ2n) is 12.2. The third kappa shape index (κ3) is 4.31. The maximum Gasteiger partial charge on any atom is 0.0763 e. The van der Waals surface area contributed by atoms with Crippen molar-refractivity contribution in [2.45, 2.75) is 112 Å². The van der Waals surface area contributed by atoms with Crippen LogP contribution < -0.4 is 0 Å². The van der Waals surface area contributed by atoms with Gasteiger partial charge >= 0.3 is 0 Å². The van der Waals surface area contributed by atoms with Gasteiger partial charge in [-0.3, -0.25) is 4.98 Å². The Morgan fingerprint density at radius 2 is 1.21 bits per heavy atom. The lowest BCUT2D eigenvalue weighted by molar-refractivity contribution is 0.537. The van der Waals surface area contributed by atoms with E-state index in [2.05, 4.69) is 102 Å². The van der Waals surface area contributed by atoms with Gasteiger partial charge in [0.05, 0.1) is 22.8 Å². The van der Waals surface area contributed by atoms with Gasteiger partial charge in [-0.05, 0) is 115 Å². The van der Waals surface area contributed by atoms with E-state index < -0.39 is 0 Å². The zero-order valence-corrected chi connectivity index (χ0v) is 27.5. The van der Waals surface area contributed by atoms with Crippen LogP contribution >= 0.6 is 0 Å². The summed E-state index contributed by atoms with van der Waals surface area (Å²) in [5.74, 6) is 0. The molecule has 0 saturated heterocycles. The van der Waals surface area contributed by atoms with E-state index in [4.69, 9.17) is 9.97 Å². The van der Waals surface area contributed by atoms with Crippen molar-refractivity contribution in [3.8, 4) is 0 Å². The number of rotatable bonds is 7. The molecule has 0 amide bonds. The summed E-state index contributed by atoms with van der Waals surface area (Å²) in [6, 6.07) is 7.04. The summed E-state index contributed by atoms with van der Waals surface area (Å²) in [4.78, 5) is 18.8. The number of nitrogens with zero attached hydrogens (tertiary/aromatic N) is 2. The molecule has 0 fully saturated rings. The van der Waals surface area contributed by atoms with Crippen LogP contribution in [0.2, 0.25) is 0 Å². The summed E-state index contributed by atoms with van der Waals surface area (Å²) in [7, 11) is 0.